The van der Waals surface area contributed by atoms with E-state index in [9.17, 15) is 17.6 Å². The number of halogens is 6. The van der Waals surface area contributed by atoms with Crippen molar-refractivity contribution in [3.63, 3.8) is 0 Å². The van der Waals surface area contributed by atoms with E-state index in [-0.39, 0.29) is 53.0 Å². The summed E-state index contributed by atoms with van der Waals surface area (Å²) < 4.78 is 48.5. The monoisotopic (exact) mass is 313 g/mol. The van der Waals surface area contributed by atoms with Crippen molar-refractivity contribution < 1.29 is 39.3 Å². The molecule has 0 radical (unpaired) electrons. The van der Waals surface area contributed by atoms with E-state index in [2.05, 4.69) is 6.08 Å². The van der Waals surface area contributed by atoms with E-state index < -0.39 is 18.8 Å². The van der Waals surface area contributed by atoms with Gasteiger partial charge in [0, 0.05) is 21.7 Å². The fourth-order valence-electron chi connectivity index (χ4n) is 1.07. The Bertz CT molecular complexity index is 234. The summed E-state index contributed by atoms with van der Waals surface area (Å²) in [5.74, 6) is 0. The van der Waals surface area contributed by atoms with E-state index >= 15 is 0 Å². The van der Waals surface area contributed by atoms with Crippen LogP contribution in [0.4, 0.5) is 17.6 Å². The number of allylic oxidation sites excluding steroid dienone is 4. The number of hydrogen-bond acceptors (Lipinski definition) is 0. The minimum Gasteiger partial charge on any atom is -0.269 e. The average molecular weight is 314 g/mol. The van der Waals surface area contributed by atoms with Gasteiger partial charge in [-0.25, -0.2) is 29.2 Å². The van der Waals surface area contributed by atoms with Gasteiger partial charge in [-0.2, -0.15) is 6.08 Å². The standard InChI is InChI=1S/C9H9F4.2ClH.Ti/c10-7(8(11)9(12)13)5-6-3-1-2-4-6;;;/h1,3,7-9H,2,5H2;2*1H;/q-1;;;. The average Bonchev–Trinajstić information content (AvgIpc) is 2.55. The zero-order chi connectivity index (χ0) is 9.84. The molecule has 1 aliphatic carbocycles. The van der Waals surface area contributed by atoms with Crippen LogP contribution in [0.15, 0.2) is 17.7 Å². The van der Waals surface area contributed by atoms with Crippen LogP contribution < -0.4 is 0 Å². The topological polar surface area (TPSA) is 0 Å². The molecule has 0 aromatic heterocycles. The zero-order valence-electron chi connectivity index (χ0n) is 8.13. The Morgan fingerprint density at radius 3 is 2.12 bits per heavy atom. The summed E-state index contributed by atoms with van der Waals surface area (Å²) in [4.78, 5) is 0. The van der Waals surface area contributed by atoms with Crippen LogP contribution >= 0.6 is 24.8 Å². The predicted octanol–water partition coefficient (Wildman–Crippen LogP) is 3.85. The van der Waals surface area contributed by atoms with Crippen molar-refractivity contribution in [1.29, 1.82) is 0 Å². The molecule has 94 valence electrons. The second-order valence-corrected chi connectivity index (χ2v) is 2.81. The summed E-state index contributed by atoms with van der Waals surface area (Å²) in [6, 6.07) is 0. The molecule has 7 heteroatoms. The maximum Gasteiger partial charge on any atom is 0.272 e. The Labute approximate surface area is 119 Å². The fraction of sp³-hybridized carbons (Fsp3) is 0.556. The van der Waals surface area contributed by atoms with Gasteiger partial charge in [0.1, 0.15) is 6.17 Å². The molecule has 0 saturated carbocycles. The van der Waals surface area contributed by atoms with Gasteiger partial charge in [-0.1, -0.05) is 0 Å². The Morgan fingerprint density at radius 2 is 1.75 bits per heavy atom. The Hall–Kier alpha value is 0.494. The van der Waals surface area contributed by atoms with Gasteiger partial charge in [-0.05, 0) is 6.42 Å². The first-order chi connectivity index (χ1) is 6.11. The predicted molar refractivity (Wildman–Crippen MR) is 55.4 cm³/mol. The van der Waals surface area contributed by atoms with Gasteiger partial charge in [-0.15, -0.1) is 31.2 Å². The van der Waals surface area contributed by atoms with Crippen molar-refractivity contribution in [2.75, 3.05) is 0 Å². The van der Waals surface area contributed by atoms with Crippen LogP contribution in [0.1, 0.15) is 12.8 Å². The molecule has 0 aromatic carbocycles. The molecular formula is C9H11Cl2F4Ti-. The first-order valence-electron chi connectivity index (χ1n) is 3.94. The largest absolute Gasteiger partial charge is 0.272 e. The Morgan fingerprint density at radius 1 is 1.19 bits per heavy atom. The molecule has 0 fully saturated rings. The van der Waals surface area contributed by atoms with Gasteiger partial charge < -0.3 is 0 Å². The van der Waals surface area contributed by atoms with E-state index in [1.54, 1.807) is 12.2 Å². The summed E-state index contributed by atoms with van der Waals surface area (Å²) in [7, 11) is 0. The maximum absolute atomic E-state index is 12.7. The van der Waals surface area contributed by atoms with Crippen molar-refractivity contribution in [3.05, 3.63) is 23.8 Å². The van der Waals surface area contributed by atoms with E-state index in [1.807, 2.05) is 0 Å². The summed E-state index contributed by atoms with van der Waals surface area (Å²) in [5, 5.41) is 0. The number of alkyl halides is 4. The van der Waals surface area contributed by atoms with Gasteiger partial charge in [0.2, 0.25) is 0 Å². The van der Waals surface area contributed by atoms with Crippen molar-refractivity contribution in [1.82, 2.24) is 0 Å². The van der Waals surface area contributed by atoms with Gasteiger partial charge in [0.15, 0.2) is 6.17 Å². The number of hydrogen-bond donors (Lipinski definition) is 0. The molecule has 0 bridgehead atoms. The SMILES string of the molecule is Cl.Cl.FC(F)C(F)C(F)CC1=[C-]CC=C1.[Ti]. The quantitative estimate of drug-likeness (QED) is 0.420. The summed E-state index contributed by atoms with van der Waals surface area (Å²) in [6.07, 6.45) is -1.81. The second kappa shape index (κ2) is 10.6. The minimum absolute atomic E-state index is 0. The Kier molecular flexibility index (Phi) is 14.5. The smallest absolute Gasteiger partial charge is 0.269 e. The summed E-state index contributed by atoms with van der Waals surface area (Å²) >= 11 is 0. The van der Waals surface area contributed by atoms with Gasteiger partial charge in [-0.3, -0.25) is 6.08 Å². The molecule has 0 N–H and O–H groups in total. The van der Waals surface area contributed by atoms with Crippen LogP contribution in [0, 0.1) is 6.08 Å². The normalized spacial score (nSPS) is 16.7. The third-order valence-corrected chi connectivity index (χ3v) is 1.77. The maximum atomic E-state index is 12.7. The van der Waals surface area contributed by atoms with Crippen LogP contribution in [0.5, 0.6) is 0 Å². The molecule has 0 heterocycles. The minimum atomic E-state index is -3.25. The van der Waals surface area contributed by atoms with Gasteiger partial charge >= 0.3 is 0 Å². The molecule has 0 aliphatic heterocycles. The molecule has 0 nitrogen and oxygen atoms in total. The van der Waals surface area contributed by atoms with Crippen molar-refractivity contribution in [3.8, 4) is 0 Å². The van der Waals surface area contributed by atoms with Crippen LogP contribution in [-0.4, -0.2) is 18.8 Å². The van der Waals surface area contributed by atoms with Gasteiger partial charge in [0.25, 0.3) is 6.43 Å². The molecule has 0 saturated heterocycles. The van der Waals surface area contributed by atoms with E-state index in [0.717, 1.165) is 0 Å². The first kappa shape index (κ1) is 21.7. The molecule has 2 unspecified atom stereocenters. The summed E-state index contributed by atoms with van der Waals surface area (Å²) in [6.45, 7) is 0. The Balaban J connectivity index is -0.000000563. The molecule has 1 rings (SSSR count). The first-order valence-corrected chi connectivity index (χ1v) is 3.94. The van der Waals surface area contributed by atoms with E-state index in [4.69, 9.17) is 0 Å². The molecule has 0 spiro atoms. The fourth-order valence-corrected chi connectivity index (χ4v) is 1.07. The molecule has 1 aliphatic rings. The van der Waals surface area contributed by atoms with E-state index in [0.29, 0.717) is 12.0 Å². The van der Waals surface area contributed by atoms with Crippen LogP contribution in [0.3, 0.4) is 0 Å². The second-order valence-electron chi connectivity index (χ2n) is 2.81. The molecule has 2 atom stereocenters. The van der Waals surface area contributed by atoms with Crippen LogP contribution in [0.2, 0.25) is 0 Å². The van der Waals surface area contributed by atoms with Crippen molar-refractivity contribution in [2.24, 2.45) is 0 Å². The van der Waals surface area contributed by atoms with Crippen LogP contribution in [-0.2, 0) is 21.7 Å². The molecular weight excluding hydrogens is 303 g/mol. The zero-order valence-corrected chi connectivity index (χ0v) is 11.3. The van der Waals surface area contributed by atoms with Crippen molar-refractivity contribution in [2.45, 2.75) is 31.6 Å². The summed E-state index contributed by atoms with van der Waals surface area (Å²) in [5.41, 5.74) is 0.468. The molecule has 0 amide bonds. The van der Waals surface area contributed by atoms with E-state index in [1.165, 1.54) is 0 Å². The molecule has 0 aromatic rings. The van der Waals surface area contributed by atoms with Crippen LogP contribution in [0.25, 0.3) is 0 Å². The third kappa shape index (κ3) is 6.95. The third-order valence-electron chi connectivity index (χ3n) is 1.77. The van der Waals surface area contributed by atoms with Gasteiger partial charge in [0.05, 0.1) is 0 Å². The van der Waals surface area contributed by atoms with Crippen molar-refractivity contribution >= 4 is 24.8 Å². The molecule has 16 heavy (non-hydrogen) atoms. The number of rotatable bonds is 4.